The van der Waals surface area contributed by atoms with Crippen LogP contribution in [0.25, 0.3) is 32.3 Å². The van der Waals surface area contributed by atoms with Gasteiger partial charge in [-0.15, -0.1) is 0 Å². The molecule has 0 radical (unpaired) electrons. The van der Waals surface area contributed by atoms with Crippen LogP contribution in [0.1, 0.15) is 25.3 Å². The Morgan fingerprint density at radius 2 is 1.56 bits per heavy atom. The molecule has 0 N–H and O–H groups in total. The van der Waals surface area contributed by atoms with E-state index in [1.807, 2.05) is 6.92 Å². The third kappa shape index (κ3) is 2.64. The zero-order valence-electron chi connectivity index (χ0n) is 14.3. The number of carbonyl (C=O) groups excluding carboxylic acids is 1. The Morgan fingerprint density at radius 3 is 2.28 bits per heavy atom. The second-order valence-electron chi connectivity index (χ2n) is 6.51. The highest BCUT2D eigenvalue weighted by Gasteiger charge is 2.13. The van der Waals surface area contributed by atoms with Gasteiger partial charge in [0.1, 0.15) is 6.61 Å². The van der Waals surface area contributed by atoms with Gasteiger partial charge in [-0.2, -0.15) is 0 Å². The van der Waals surface area contributed by atoms with E-state index < -0.39 is 0 Å². The van der Waals surface area contributed by atoms with Crippen molar-refractivity contribution in [3.05, 3.63) is 72.3 Å². The van der Waals surface area contributed by atoms with Gasteiger partial charge in [-0.25, -0.2) is 4.79 Å². The molecule has 0 bridgehead atoms. The van der Waals surface area contributed by atoms with Crippen LogP contribution in [0.4, 0.5) is 0 Å². The minimum atomic E-state index is -0.299. The van der Waals surface area contributed by atoms with Gasteiger partial charge in [0.05, 0.1) is 0 Å². The highest BCUT2D eigenvalue weighted by atomic mass is 16.5. The Balaban J connectivity index is 1.77. The number of ether oxygens (including phenoxy) is 1. The summed E-state index contributed by atoms with van der Waals surface area (Å²) >= 11 is 0. The largest absolute Gasteiger partial charge is 0.457 e. The minimum Gasteiger partial charge on any atom is -0.457 e. The average Bonchev–Trinajstić information content (AvgIpc) is 2.64. The van der Waals surface area contributed by atoms with Gasteiger partial charge in [-0.1, -0.05) is 74.5 Å². The smallest absolute Gasteiger partial charge is 0.333 e. The fourth-order valence-electron chi connectivity index (χ4n) is 3.57. The maximum atomic E-state index is 12.1. The van der Waals surface area contributed by atoms with E-state index >= 15 is 0 Å². The first-order chi connectivity index (χ1) is 12.2. The second-order valence-corrected chi connectivity index (χ2v) is 6.51. The molecule has 0 fully saturated rings. The fraction of sp³-hybridized carbons (Fsp3) is 0.174. The molecule has 0 saturated heterocycles. The quantitative estimate of drug-likeness (QED) is 0.256. The summed E-state index contributed by atoms with van der Waals surface area (Å²) in [5.74, 6) is -0.299. The van der Waals surface area contributed by atoms with Gasteiger partial charge in [-0.3, -0.25) is 0 Å². The summed E-state index contributed by atoms with van der Waals surface area (Å²) in [6.45, 7) is 6.11. The summed E-state index contributed by atoms with van der Waals surface area (Å²) < 4.78 is 5.49. The molecule has 0 spiro atoms. The van der Waals surface area contributed by atoms with Crippen molar-refractivity contribution in [1.29, 1.82) is 0 Å². The number of rotatable bonds is 5. The van der Waals surface area contributed by atoms with Crippen molar-refractivity contribution in [3.63, 3.8) is 0 Å². The van der Waals surface area contributed by atoms with Crippen molar-refractivity contribution in [2.75, 3.05) is 0 Å². The van der Waals surface area contributed by atoms with Gasteiger partial charge in [0.15, 0.2) is 0 Å². The van der Waals surface area contributed by atoms with E-state index in [1.165, 1.54) is 26.9 Å². The van der Waals surface area contributed by atoms with Crippen LogP contribution in [0.15, 0.2) is 66.7 Å². The van der Waals surface area contributed by atoms with Gasteiger partial charge in [0.25, 0.3) is 0 Å². The highest BCUT2D eigenvalue weighted by Crippen LogP contribution is 2.36. The van der Waals surface area contributed by atoms with Gasteiger partial charge >= 0.3 is 5.97 Å². The third-order valence-electron chi connectivity index (χ3n) is 4.82. The number of hydrogen-bond acceptors (Lipinski definition) is 2. The van der Waals surface area contributed by atoms with Gasteiger partial charge in [0, 0.05) is 5.57 Å². The predicted molar refractivity (Wildman–Crippen MR) is 104 cm³/mol. The molecule has 2 heteroatoms. The first-order valence-corrected chi connectivity index (χ1v) is 8.69. The Labute approximate surface area is 147 Å². The molecule has 4 aromatic rings. The molecule has 0 heterocycles. The lowest BCUT2D eigenvalue weighted by Crippen LogP contribution is -2.07. The number of hydrogen-bond donors (Lipinski definition) is 0. The molecule has 0 aliphatic rings. The molecule has 0 aromatic heterocycles. The summed E-state index contributed by atoms with van der Waals surface area (Å²) in [5.41, 5.74) is 1.57. The lowest BCUT2D eigenvalue weighted by Gasteiger charge is -2.14. The van der Waals surface area contributed by atoms with Crippen LogP contribution in [0.3, 0.4) is 0 Å². The fourth-order valence-corrected chi connectivity index (χ4v) is 3.57. The summed E-state index contributed by atoms with van der Waals surface area (Å²) in [6.07, 6.45) is 1.57. The second kappa shape index (κ2) is 6.21. The van der Waals surface area contributed by atoms with Crippen LogP contribution in [-0.2, 0) is 16.1 Å². The number of carbonyl (C=O) groups is 1. The van der Waals surface area contributed by atoms with Crippen LogP contribution in [0, 0.1) is 0 Å². The normalized spacial score (nSPS) is 11.4. The zero-order chi connectivity index (χ0) is 17.4. The first kappa shape index (κ1) is 15.6. The lowest BCUT2D eigenvalue weighted by atomic mass is 9.92. The molecule has 0 unspecified atom stereocenters. The molecule has 0 aliphatic carbocycles. The molecule has 25 heavy (non-hydrogen) atoms. The molecular formula is C23H20O2. The van der Waals surface area contributed by atoms with Crippen LogP contribution in [0.2, 0.25) is 0 Å². The maximum absolute atomic E-state index is 12.1. The van der Waals surface area contributed by atoms with Crippen LogP contribution in [-0.4, -0.2) is 5.97 Å². The summed E-state index contributed by atoms with van der Waals surface area (Å²) in [7, 11) is 0. The number of esters is 1. The van der Waals surface area contributed by atoms with Crippen LogP contribution >= 0.6 is 0 Å². The van der Waals surface area contributed by atoms with Crippen molar-refractivity contribution >= 4 is 38.3 Å². The first-order valence-electron chi connectivity index (χ1n) is 8.69. The van der Waals surface area contributed by atoms with E-state index in [0.29, 0.717) is 12.0 Å². The highest BCUT2D eigenvalue weighted by molar-refractivity contribution is 6.23. The topological polar surface area (TPSA) is 26.3 Å². The zero-order valence-corrected chi connectivity index (χ0v) is 14.3. The van der Waals surface area contributed by atoms with Crippen LogP contribution in [0.5, 0.6) is 0 Å². The van der Waals surface area contributed by atoms with Crippen molar-refractivity contribution in [2.45, 2.75) is 26.4 Å². The molecule has 124 valence electrons. The van der Waals surface area contributed by atoms with Crippen LogP contribution < -0.4 is 0 Å². The Hall–Kier alpha value is -2.87. The van der Waals surface area contributed by atoms with Crippen molar-refractivity contribution in [1.82, 2.24) is 0 Å². The van der Waals surface area contributed by atoms with E-state index in [0.717, 1.165) is 17.4 Å². The van der Waals surface area contributed by atoms with Gasteiger partial charge in [0.2, 0.25) is 0 Å². The molecule has 4 rings (SSSR count). The lowest BCUT2D eigenvalue weighted by molar-refractivity contribution is -0.140. The van der Waals surface area contributed by atoms with E-state index in [4.69, 9.17) is 4.74 Å². The van der Waals surface area contributed by atoms with E-state index in [2.05, 4.69) is 61.2 Å². The molecular weight excluding hydrogens is 308 g/mol. The standard InChI is InChI=1S/C23H20O2/c1-3-5-15(2)23(24)25-14-19-11-10-18-9-8-16-6-4-7-17-12-13-20(19)22(18)21(16)17/h4,6-13H,2-3,5,14H2,1H3. The Kier molecular flexibility index (Phi) is 3.89. The van der Waals surface area contributed by atoms with Gasteiger partial charge < -0.3 is 4.74 Å². The monoisotopic (exact) mass is 328 g/mol. The molecule has 0 saturated carbocycles. The Morgan fingerprint density at radius 1 is 0.920 bits per heavy atom. The van der Waals surface area contributed by atoms with E-state index in [1.54, 1.807) is 0 Å². The SMILES string of the molecule is C=C(CCC)C(=O)OCc1ccc2ccc3cccc4ccc1c2c34. The molecule has 0 amide bonds. The predicted octanol–water partition coefficient (Wildman–Crippen LogP) is 5.98. The minimum absolute atomic E-state index is 0.274. The maximum Gasteiger partial charge on any atom is 0.333 e. The van der Waals surface area contributed by atoms with Crippen molar-refractivity contribution < 1.29 is 9.53 Å². The van der Waals surface area contributed by atoms with Gasteiger partial charge in [-0.05, 0) is 44.3 Å². The van der Waals surface area contributed by atoms with Crippen molar-refractivity contribution in [3.8, 4) is 0 Å². The van der Waals surface area contributed by atoms with Crippen molar-refractivity contribution in [2.24, 2.45) is 0 Å². The molecule has 0 atom stereocenters. The third-order valence-corrected chi connectivity index (χ3v) is 4.82. The van der Waals surface area contributed by atoms with E-state index in [-0.39, 0.29) is 12.6 Å². The molecule has 2 nitrogen and oxygen atoms in total. The Bertz CT molecular complexity index is 1080. The summed E-state index contributed by atoms with van der Waals surface area (Å²) in [6, 6.07) is 19.1. The molecule has 0 aliphatic heterocycles. The van der Waals surface area contributed by atoms with E-state index in [9.17, 15) is 4.79 Å². The summed E-state index contributed by atoms with van der Waals surface area (Å²) in [5, 5.41) is 7.36. The molecule has 4 aromatic carbocycles. The average molecular weight is 328 g/mol. The number of benzene rings is 4. The summed E-state index contributed by atoms with van der Waals surface area (Å²) in [4.78, 5) is 12.1.